The Balaban J connectivity index is 1.92. The quantitative estimate of drug-likeness (QED) is 0.506. The number of carbonyl (C=O) groups is 1. The molecule has 3 rings (SSSR count). The van der Waals surface area contributed by atoms with E-state index in [1.807, 2.05) is 26.8 Å². The predicted molar refractivity (Wildman–Crippen MR) is 100 cm³/mol. The van der Waals surface area contributed by atoms with Crippen molar-refractivity contribution in [3.05, 3.63) is 75.3 Å². The molecule has 0 N–H and O–H groups in total. The van der Waals surface area contributed by atoms with Crippen molar-refractivity contribution in [1.82, 2.24) is 0 Å². The SMILES string of the molecule is CC(C)=CCOc1cc(C)c2c(c1)O/C(=C\c1c(F)cccc1Cl)C2=O. The molecule has 3 nitrogen and oxygen atoms in total. The van der Waals surface area contributed by atoms with Gasteiger partial charge in [-0.1, -0.05) is 23.2 Å². The van der Waals surface area contributed by atoms with E-state index in [-0.39, 0.29) is 22.1 Å². The number of hydrogen-bond donors (Lipinski definition) is 0. The lowest BCUT2D eigenvalue weighted by molar-refractivity contribution is 0.101. The highest BCUT2D eigenvalue weighted by atomic mass is 35.5. The van der Waals surface area contributed by atoms with Crippen LogP contribution in [0.15, 0.2) is 47.7 Å². The Morgan fingerprint density at radius 3 is 2.77 bits per heavy atom. The number of ketones is 1. The van der Waals surface area contributed by atoms with Gasteiger partial charge in [-0.2, -0.15) is 0 Å². The first-order chi connectivity index (χ1) is 12.4. The van der Waals surface area contributed by atoms with Crippen LogP contribution in [0.2, 0.25) is 5.02 Å². The zero-order valence-electron chi connectivity index (χ0n) is 14.7. The van der Waals surface area contributed by atoms with Crippen LogP contribution >= 0.6 is 11.6 Å². The lowest BCUT2D eigenvalue weighted by Crippen LogP contribution is -2.00. The van der Waals surface area contributed by atoms with Crippen LogP contribution in [-0.4, -0.2) is 12.4 Å². The van der Waals surface area contributed by atoms with Gasteiger partial charge in [-0.15, -0.1) is 0 Å². The second kappa shape index (κ2) is 7.34. The number of carbonyl (C=O) groups excluding carboxylic acids is 1. The van der Waals surface area contributed by atoms with Crippen LogP contribution in [0.1, 0.15) is 35.3 Å². The molecule has 0 atom stereocenters. The summed E-state index contributed by atoms with van der Waals surface area (Å²) in [5.74, 6) is 0.238. The molecule has 0 saturated heterocycles. The maximum absolute atomic E-state index is 14.0. The number of halogens is 2. The Morgan fingerprint density at radius 1 is 1.31 bits per heavy atom. The van der Waals surface area contributed by atoms with Crippen LogP contribution in [0.25, 0.3) is 6.08 Å². The van der Waals surface area contributed by atoms with Gasteiger partial charge in [0, 0.05) is 11.6 Å². The van der Waals surface area contributed by atoms with Crippen molar-refractivity contribution in [2.45, 2.75) is 20.8 Å². The van der Waals surface area contributed by atoms with E-state index in [2.05, 4.69) is 0 Å². The molecule has 2 aromatic carbocycles. The van der Waals surface area contributed by atoms with Gasteiger partial charge in [0.25, 0.3) is 0 Å². The molecule has 1 aliphatic rings. The fourth-order valence-electron chi connectivity index (χ4n) is 2.65. The Hall–Kier alpha value is -2.59. The second-order valence-corrected chi connectivity index (χ2v) is 6.69. The predicted octanol–water partition coefficient (Wildman–Crippen LogP) is 5.75. The molecule has 134 valence electrons. The molecule has 0 saturated carbocycles. The molecule has 0 unspecified atom stereocenters. The van der Waals surface area contributed by atoms with E-state index in [0.29, 0.717) is 23.7 Å². The number of ether oxygens (including phenoxy) is 2. The van der Waals surface area contributed by atoms with E-state index < -0.39 is 5.82 Å². The van der Waals surface area contributed by atoms with Crippen molar-refractivity contribution in [2.24, 2.45) is 0 Å². The molecular formula is C21H18ClFO3. The summed E-state index contributed by atoms with van der Waals surface area (Å²) < 4.78 is 25.3. The van der Waals surface area contributed by atoms with Crippen LogP contribution in [-0.2, 0) is 0 Å². The molecule has 26 heavy (non-hydrogen) atoms. The summed E-state index contributed by atoms with van der Waals surface area (Å²) in [4.78, 5) is 12.7. The Labute approximate surface area is 156 Å². The highest BCUT2D eigenvalue weighted by Gasteiger charge is 2.30. The highest BCUT2D eigenvalue weighted by Crippen LogP contribution is 2.38. The maximum atomic E-state index is 14.0. The maximum Gasteiger partial charge on any atom is 0.232 e. The van der Waals surface area contributed by atoms with E-state index in [0.717, 1.165) is 11.1 Å². The van der Waals surface area contributed by atoms with Crippen molar-refractivity contribution in [3.8, 4) is 11.5 Å². The molecule has 2 aromatic rings. The fraction of sp³-hybridized carbons (Fsp3) is 0.190. The Kier molecular flexibility index (Phi) is 5.14. The largest absolute Gasteiger partial charge is 0.489 e. The number of hydrogen-bond acceptors (Lipinski definition) is 3. The molecule has 0 spiro atoms. The van der Waals surface area contributed by atoms with Crippen molar-refractivity contribution in [3.63, 3.8) is 0 Å². The van der Waals surface area contributed by atoms with Gasteiger partial charge in [-0.25, -0.2) is 4.39 Å². The normalized spacial score (nSPS) is 14.2. The molecule has 1 aliphatic heterocycles. The minimum atomic E-state index is -0.514. The third kappa shape index (κ3) is 3.65. The molecule has 0 fully saturated rings. The molecule has 5 heteroatoms. The smallest absolute Gasteiger partial charge is 0.232 e. The summed E-state index contributed by atoms with van der Waals surface area (Å²) in [6.45, 7) is 6.23. The number of rotatable bonds is 4. The van der Waals surface area contributed by atoms with E-state index in [4.69, 9.17) is 21.1 Å². The van der Waals surface area contributed by atoms with Crippen molar-refractivity contribution < 1.29 is 18.7 Å². The van der Waals surface area contributed by atoms with Crippen LogP contribution in [0, 0.1) is 12.7 Å². The molecule has 0 aliphatic carbocycles. The summed E-state index contributed by atoms with van der Waals surface area (Å²) >= 11 is 6.03. The van der Waals surface area contributed by atoms with Crippen molar-refractivity contribution >= 4 is 23.5 Å². The van der Waals surface area contributed by atoms with Crippen molar-refractivity contribution in [2.75, 3.05) is 6.61 Å². The number of allylic oxidation sites excluding steroid dienone is 2. The molecule has 0 amide bonds. The van der Waals surface area contributed by atoms with Gasteiger partial charge in [0.15, 0.2) is 5.76 Å². The summed E-state index contributed by atoms with van der Waals surface area (Å²) in [6.07, 6.45) is 3.29. The first-order valence-corrected chi connectivity index (χ1v) is 8.53. The van der Waals surface area contributed by atoms with E-state index >= 15 is 0 Å². The first-order valence-electron chi connectivity index (χ1n) is 8.16. The van der Waals surface area contributed by atoms with E-state index in [1.165, 1.54) is 18.2 Å². The van der Waals surface area contributed by atoms with Crippen LogP contribution in [0.3, 0.4) is 0 Å². The number of aryl methyl sites for hydroxylation is 1. The van der Waals surface area contributed by atoms with Crippen LogP contribution in [0.5, 0.6) is 11.5 Å². The zero-order chi connectivity index (χ0) is 18.8. The highest BCUT2D eigenvalue weighted by molar-refractivity contribution is 6.32. The minimum absolute atomic E-state index is 0.0385. The number of fused-ring (bicyclic) bond motifs is 1. The lowest BCUT2D eigenvalue weighted by Gasteiger charge is -2.07. The summed E-state index contributed by atoms with van der Waals surface area (Å²) in [6, 6.07) is 7.81. The van der Waals surface area contributed by atoms with Crippen molar-refractivity contribution in [1.29, 1.82) is 0 Å². The van der Waals surface area contributed by atoms with Gasteiger partial charge in [-0.05, 0) is 56.7 Å². The summed E-state index contributed by atoms with van der Waals surface area (Å²) in [5.41, 5.74) is 2.48. The monoisotopic (exact) mass is 372 g/mol. The average molecular weight is 373 g/mol. The van der Waals surface area contributed by atoms with Gasteiger partial charge in [0.05, 0.1) is 10.6 Å². The molecule has 1 heterocycles. The average Bonchev–Trinajstić information content (AvgIpc) is 2.87. The first kappa shape index (κ1) is 18.2. The van der Waals surface area contributed by atoms with Gasteiger partial charge >= 0.3 is 0 Å². The second-order valence-electron chi connectivity index (χ2n) is 6.28. The number of Topliss-reactive ketones (excluding diaryl/α,β-unsaturated/α-hetero) is 1. The molecular weight excluding hydrogens is 355 g/mol. The standard InChI is InChI=1S/C21H18ClFO3/c1-12(2)7-8-25-14-9-13(3)20-18(10-14)26-19(21(20)24)11-15-16(22)5-4-6-17(15)23/h4-7,9-11H,8H2,1-3H3/b19-11-. The van der Waals surface area contributed by atoms with E-state index in [9.17, 15) is 9.18 Å². The topological polar surface area (TPSA) is 35.5 Å². The van der Waals surface area contributed by atoms with Crippen LogP contribution < -0.4 is 9.47 Å². The zero-order valence-corrected chi connectivity index (χ0v) is 15.5. The summed E-state index contributed by atoms with van der Waals surface area (Å²) in [5, 5.41) is 0.215. The molecule has 0 bridgehead atoms. The van der Waals surface area contributed by atoms with Gasteiger partial charge < -0.3 is 9.47 Å². The van der Waals surface area contributed by atoms with Gasteiger partial charge in [0.2, 0.25) is 5.78 Å². The molecule has 0 aromatic heterocycles. The van der Waals surface area contributed by atoms with Crippen LogP contribution in [0.4, 0.5) is 4.39 Å². The fourth-order valence-corrected chi connectivity index (χ4v) is 2.86. The minimum Gasteiger partial charge on any atom is -0.489 e. The summed E-state index contributed by atoms with van der Waals surface area (Å²) in [7, 11) is 0. The Bertz CT molecular complexity index is 920. The third-order valence-corrected chi connectivity index (χ3v) is 4.29. The van der Waals surface area contributed by atoms with Gasteiger partial charge in [-0.3, -0.25) is 4.79 Å². The number of benzene rings is 2. The Morgan fingerprint density at radius 2 is 2.08 bits per heavy atom. The van der Waals surface area contributed by atoms with E-state index in [1.54, 1.807) is 18.2 Å². The van der Waals surface area contributed by atoms with Gasteiger partial charge in [0.1, 0.15) is 23.9 Å². The lowest BCUT2D eigenvalue weighted by atomic mass is 10.0. The molecule has 0 radical (unpaired) electrons. The third-order valence-electron chi connectivity index (χ3n) is 3.96.